The largest absolute Gasteiger partial charge is 0.493 e. The molecule has 0 saturated carbocycles. The first kappa shape index (κ1) is 22.1. The SMILES string of the molecule is COc1ccc(-c2noc(CN3CCC(C(=O)Nc4ccc(Cl)cc4)CC3)n2)cc1OC. The fourth-order valence-corrected chi connectivity index (χ4v) is 3.86. The van der Waals surface area contributed by atoms with Crippen molar-refractivity contribution in [3.05, 3.63) is 53.4 Å². The van der Waals surface area contributed by atoms with Gasteiger partial charge in [0.2, 0.25) is 17.6 Å². The van der Waals surface area contributed by atoms with Crippen LogP contribution in [-0.4, -0.2) is 48.3 Å². The van der Waals surface area contributed by atoms with Gasteiger partial charge in [-0.05, 0) is 68.4 Å². The number of anilines is 1. The minimum Gasteiger partial charge on any atom is -0.493 e. The number of nitrogens with one attached hydrogen (secondary N) is 1. The predicted molar refractivity (Wildman–Crippen MR) is 121 cm³/mol. The Morgan fingerprint density at radius 1 is 1.12 bits per heavy atom. The maximum atomic E-state index is 12.6. The van der Waals surface area contributed by atoms with Gasteiger partial charge >= 0.3 is 0 Å². The van der Waals surface area contributed by atoms with Crippen LogP contribution >= 0.6 is 11.6 Å². The highest BCUT2D eigenvalue weighted by atomic mass is 35.5. The number of ether oxygens (including phenoxy) is 2. The van der Waals surface area contributed by atoms with Gasteiger partial charge in [0, 0.05) is 22.2 Å². The average Bonchev–Trinajstić information content (AvgIpc) is 3.29. The molecule has 1 fully saturated rings. The first-order valence-electron chi connectivity index (χ1n) is 10.4. The van der Waals surface area contributed by atoms with E-state index in [9.17, 15) is 4.79 Å². The van der Waals surface area contributed by atoms with E-state index in [2.05, 4.69) is 20.4 Å². The van der Waals surface area contributed by atoms with Crippen molar-refractivity contribution in [2.75, 3.05) is 32.6 Å². The minimum absolute atomic E-state index is 0.0214. The van der Waals surface area contributed by atoms with Gasteiger partial charge in [-0.15, -0.1) is 0 Å². The third kappa shape index (κ3) is 5.20. The van der Waals surface area contributed by atoms with Gasteiger partial charge in [-0.2, -0.15) is 4.98 Å². The number of hydrogen-bond acceptors (Lipinski definition) is 7. The molecule has 1 amide bonds. The monoisotopic (exact) mass is 456 g/mol. The molecule has 168 valence electrons. The summed E-state index contributed by atoms with van der Waals surface area (Å²) in [5.74, 6) is 2.31. The van der Waals surface area contributed by atoms with Crippen LogP contribution in [0.4, 0.5) is 5.69 Å². The average molecular weight is 457 g/mol. The first-order valence-corrected chi connectivity index (χ1v) is 10.8. The highest BCUT2D eigenvalue weighted by molar-refractivity contribution is 6.30. The molecule has 4 rings (SSSR count). The summed E-state index contributed by atoms with van der Waals surface area (Å²) >= 11 is 5.90. The number of amides is 1. The van der Waals surface area contributed by atoms with Crippen molar-refractivity contribution in [2.45, 2.75) is 19.4 Å². The summed E-state index contributed by atoms with van der Waals surface area (Å²) in [5.41, 5.74) is 1.55. The van der Waals surface area contributed by atoms with Crippen LogP contribution in [0.15, 0.2) is 47.0 Å². The Balaban J connectivity index is 1.31. The quantitative estimate of drug-likeness (QED) is 0.568. The van der Waals surface area contributed by atoms with E-state index in [0.717, 1.165) is 37.2 Å². The summed E-state index contributed by atoms with van der Waals surface area (Å²) in [6.07, 6.45) is 1.55. The van der Waals surface area contributed by atoms with E-state index in [0.29, 0.717) is 34.8 Å². The van der Waals surface area contributed by atoms with Crippen LogP contribution in [0, 0.1) is 5.92 Å². The molecule has 0 spiro atoms. The molecule has 2 heterocycles. The van der Waals surface area contributed by atoms with Gasteiger partial charge in [-0.25, -0.2) is 0 Å². The molecule has 1 aromatic heterocycles. The molecule has 0 unspecified atom stereocenters. The van der Waals surface area contributed by atoms with Crippen molar-refractivity contribution in [2.24, 2.45) is 5.92 Å². The summed E-state index contributed by atoms with van der Waals surface area (Å²) in [4.78, 5) is 19.3. The van der Waals surface area contributed by atoms with E-state index in [4.69, 9.17) is 25.6 Å². The fraction of sp³-hybridized carbons (Fsp3) is 0.348. The van der Waals surface area contributed by atoms with Crippen LogP contribution in [0.25, 0.3) is 11.4 Å². The maximum absolute atomic E-state index is 12.6. The molecule has 8 nitrogen and oxygen atoms in total. The molecule has 0 radical (unpaired) electrons. The van der Waals surface area contributed by atoms with Gasteiger partial charge in [-0.3, -0.25) is 9.69 Å². The summed E-state index contributed by atoms with van der Waals surface area (Å²) in [5, 5.41) is 7.71. The Morgan fingerprint density at radius 3 is 2.53 bits per heavy atom. The molecule has 0 aliphatic carbocycles. The van der Waals surface area contributed by atoms with Gasteiger partial charge in [0.15, 0.2) is 11.5 Å². The van der Waals surface area contributed by atoms with E-state index < -0.39 is 0 Å². The Bertz CT molecular complexity index is 1060. The van der Waals surface area contributed by atoms with E-state index in [1.807, 2.05) is 18.2 Å². The molecule has 1 aliphatic rings. The fourth-order valence-electron chi connectivity index (χ4n) is 3.73. The van der Waals surface area contributed by atoms with Crippen LogP contribution in [0.1, 0.15) is 18.7 Å². The number of halogens is 1. The van der Waals surface area contributed by atoms with Gasteiger partial charge in [-0.1, -0.05) is 16.8 Å². The van der Waals surface area contributed by atoms with Crippen LogP contribution in [-0.2, 0) is 11.3 Å². The summed E-state index contributed by atoms with van der Waals surface area (Å²) in [6, 6.07) is 12.6. The van der Waals surface area contributed by atoms with E-state index in [1.165, 1.54) is 0 Å². The smallest absolute Gasteiger partial charge is 0.241 e. The van der Waals surface area contributed by atoms with Gasteiger partial charge in [0.05, 0.1) is 20.8 Å². The lowest BCUT2D eigenvalue weighted by atomic mass is 9.96. The number of nitrogens with zero attached hydrogens (tertiary/aromatic N) is 3. The highest BCUT2D eigenvalue weighted by Crippen LogP contribution is 2.31. The molecular weight excluding hydrogens is 432 g/mol. The number of aromatic nitrogens is 2. The summed E-state index contributed by atoms with van der Waals surface area (Å²) < 4.78 is 16.1. The van der Waals surface area contributed by atoms with E-state index in [-0.39, 0.29) is 11.8 Å². The Kier molecular flexibility index (Phi) is 6.92. The molecule has 0 bridgehead atoms. The molecule has 3 aromatic rings. The van der Waals surface area contributed by atoms with Crippen molar-refractivity contribution in [3.63, 3.8) is 0 Å². The topological polar surface area (TPSA) is 89.7 Å². The zero-order valence-corrected chi connectivity index (χ0v) is 18.8. The lowest BCUT2D eigenvalue weighted by Gasteiger charge is -2.30. The molecule has 1 N–H and O–H groups in total. The second-order valence-electron chi connectivity index (χ2n) is 7.63. The number of methoxy groups -OCH3 is 2. The minimum atomic E-state index is -0.0214. The number of rotatable bonds is 7. The van der Waals surface area contributed by atoms with Crippen molar-refractivity contribution in [1.29, 1.82) is 0 Å². The Hall–Kier alpha value is -3.10. The van der Waals surface area contributed by atoms with Crippen molar-refractivity contribution < 1.29 is 18.8 Å². The molecule has 32 heavy (non-hydrogen) atoms. The van der Waals surface area contributed by atoms with Crippen LogP contribution < -0.4 is 14.8 Å². The summed E-state index contributed by atoms with van der Waals surface area (Å²) in [7, 11) is 3.18. The predicted octanol–water partition coefficient (Wildman–Crippen LogP) is 4.26. The number of benzene rings is 2. The van der Waals surface area contributed by atoms with Gasteiger partial charge in [0.25, 0.3) is 0 Å². The number of likely N-dealkylation sites (tertiary alicyclic amines) is 1. The number of hydrogen-bond donors (Lipinski definition) is 1. The zero-order chi connectivity index (χ0) is 22.5. The first-order chi connectivity index (χ1) is 15.6. The third-order valence-corrected chi connectivity index (χ3v) is 5.79. The van der Waals surface area contributed by atoms with Crippen LogP contribution in [0.3, 0.4) is 0 Å². The van der Waals surface area contributed by atoms with Gasteiger partial charge in [0.1, 0.15) is 0 Å². The molecule has 1 saturated heterocycles. The molecule has 0 atom stereocenters. The molecule has 1 aliphatic heterocycles. The normalized spacial score (nSPS) is 14.8. The molecule has 9 heteroatoms. The van der Waals surface area contributed by atoms with Crippen LogP contribution in [0.2, 0.25) is 5.02 Å². The Morgan fingerprint density at radius 2 is 1.84 bits per heavy atom. The van der Waals surface area contributed by atoms with E-state index in [1.54, 1.807) is 38.5 Å². The lowest BCUT2D eigenvalue weighted by Crippen LogP contribution is -2.37. The summed E-state index contributed by atoms with van der Waals surface area (Å²) in [6.45, 7) is 2.12. The second-order valence-corrected chi connectivity index (χ2v) is 8.06. The third-order valence-electron chi connectivity index (χ3n) is 5.54. The number of carbonyl (C=O) groups is 1. The van der Waals surface area contributed by atoms with Crippen molar-refractivity contribution >= 4 is 23.2 Å². The number of piperidine rings is 1. The second kappa shape index (κ2) is 10.0. The van der Waals surface area contributed by atoms with E-state index >= 15 is 0 Å². The van der Waals surface area contributed by atoms with Crippen molar-refractivity contribution in [1.82, 2.24) is 15.0 Å². The Labute approximate surface area is 191 Å². The maximum Gasteiger partial charge on any atom is 0.241 e. The van der Waals surface area contributed by atoms with Crippen LogP contribution in [0.5, 0.6) is 11.5 Å². The zero-order valence-electron chi connectivity index (χ0n) is 18.0. The molecular formula is C23H25ClN4O4. The standard InChI is InChI=1S/C23H25ClN4O4/c1-30-19-8-3-16(13-20(19)31-2)22-26-21(32-27-22)14-28-11-9-15(10-12-28)23(29)25-18-6-4-17(24)5-7-18/h3-8,13,15H,9-12,14H2,1-2H3,(H,25,29). The lowest BCUT2D eigenvalue weighted by molar-refractivity contribution is -0.121. The van der Waals surface area contributed by atoms with Crippen molar-refractivity contribution in [3.8, 4) is 22.9 Å². The highest BCUT2D eigenvalue weighted by Gasteiger charge is 2.26. The van der Waals surface area contributed by atoms with Gasteiger partial charge < -0.3 is 19.3 Å². The number of carbonyl (C=O) groups excluding carboxylic acids is 1. The molecule has 2 aromatic carbocycles.